The molecule has 4 nitrogen and oxygen atoms in total. The number of piperidine rings is 1. The van der Waals surface area contributed by atoms with Crippen molar-refractivity contribution >= 4 is 5.91 Å². The summed E-state index contributed by atoms with van der Waals surface area (Å²) in [6, 6.07) is 0. The van der Waals surface area contributed by atoms with Gasteiger partial charge in [-0.2, -0.15) is 0 Å². The average molecular weight is 214 g/mol. The summed E-state index contributed by atoms with van der Waals surface area (Å²) < 4.78 is 0. The molecule has 1 aliphatic heterocycles. The van der Waals surface area contributed by atoms with E-state index in [2.05, 4.69) is 10.2 Å². The summed E-state index contributed by atoms with van der Waals surface area (Å²) >= 11 is 0. The number of rotatable bonds is 5. The van der Waals surface area contributed by atoms with Crippen LogP contribution in [0, 0.1) is 5.92 Å². The largest absolute Gasteiger partial charge is 0.396 e. The number of nitrogens with one attached hydrogen (secondary N) is 1. The molecule has 4 heteroatoms. The third-order valence-corrected chi connectivity index (χ3v) is 2.80. The molecule has 1 rings (SSSR count). The van der Waals surface area contributed by atoms with Gasteiger partial charge in [0.2, 0.25) is 5.91 Å². The second-order valence-corrected chi connectivity index (χ2v) is 4.28. The minimum Gasteiger partial charge on any atom is -0.396 e. The van der Waals surface area contributed by atoms with Crippen molar-refractivity contribution in [2.24, 2.45) is 5.92 Å². The first-order valence-corrected chi connectivity index (χ1v) is 5.86. The number of carbonyl (C=O) groups is 1. The van der Waals surface area contributed by atoms with E-state index in [-0.39, 0.29) is 12.5 Å². The van der Waals surface area contributed by atoms with E-state index < -0.39 is 0 Å². The topological polar surface area (TPSA) is 52.6 Å². The van der Waals surface area contributed by atoms with Crippen LogP contribution in [0.1, 0.15) is 26.2 Å². The predicted molar refractivity (Wildman–Crippen MR) is 59.6 cm³/mol. The minimum absolute atomic E-state index is 0.107. The molecule has 0 bridgehead atoms. The maximum Gasteiger partial charge on any atom is 0.234 e. The smallest absolute Gasteiger partial charge is 0.234 e. The number of hydrogen-bond donors (Lipinski definition) is 2. The quantitative estimate of drug-likeness (QED) is 0.688. The van der Waals surface area contributed by atoms with Gasteiger partial charge in [-0.05, 0) is 31.7 Å². The molecule has 15 heavy (non-hydrogen) atoms. The van der Waals surface area contributed by atoms with Crippen LogP contribution in [0.15, 0.2) is 0 Å². The van der Waals surface area contributed by atoms with E-state index in [0.717, 1.165) is 38.9 Å². The summed E-state index contributed by atoms with van der Waals surface area (Å²) in [6.07, 6.45) is 3.15. The van der Waals surface area contributed by atoms with Crippen LogP contribution in [-0.4, -0.2) is 48.7 Å². The van der Waals surface area contributed by atoms with Crippen LogP contribution in [0.3, 0.4) is 0 Å². The molecule has 0 saturated carbocycles. The molecule has 2 N–H and O–H groups in total. The Morgan fingerprint density at radius 3 is 3.07 bits per heavy atom. The van der Waals surface area contributed by atoms with Crippen LogP contribution < -0.4 is 5.32 Å². The highest BCUT2D eigenvalue weighted by Crippen LogP contribution is 2.14. The second kappa shape index (κ2) is 6.80. The number of carbonyl (C=O) groups excluding carboxylic acids is 1. The molecule has 0 aromatic rings. The normalized spacial score (nSPS) is 22.7. The van der Waals surface area contributed by atoms with Crippen molar-refractivity contribution in [1.82, 2.24) is 10.2 Å². The monoisotopic (exact) mass is 214 g/mol. The standard InChI is InChI=1S/C11H22N2O2/c1-2-5-12-11(15)8-13-6-3-4-10(7-13)9-14/h10,14H,2-9H2,1H3,(H,12,15). The van der Waals surface area contributed by atoms with E-state index in [9.17, 15) is 4.79 Å². The van der Waals surface area contributed by atoms with Gasteiger partial charge in [-0.25, -0.2) is 0 Å². The van der Waals surface area contributed by atoms with E-state index in [1.54, 1.807) is 0 Å². The summed E-state index contributed by atoms with van der Waals surface area (Å²) in [7, 11) is 0. The molecular formula is C11H22N2O2. The fourth-order valence-corrected chi connectivity index (χ4v) is 1.97. The lowest BCUT2D eigenvalue weighted by Gasteiger charge is -2.31. The van der Waals surface area contributed by atoms with Gasteiger partial charge in [0.05, 0.1) is 6.54 Å². The summed E-state index contributed by atoms with van der Waals surface area (Å²) in [5, 5.41) is 11.9. The third-order valence-electron chi connectivity index (χ3n) is 2.80. The van der Waals surface area contributed by atoms with E-state index in [1.165, 1.54) is 0 Å². The molecule has 0 aliphatic carbocycles. The number of likely N-dealkylation sites (tertiary alicyclic amines) is 1. The van der Waals surface area contributed by atoms with Gasteiger partial charge in [-0.1, -0.05) is 6.92 Å². The van der Waals surface area contributed by atoms with Crippen LogP contribution in [0.2, 0.25) is 0 Å². The molecule has 0 aromatic carbocycles. The van der Waals surface area contributed by atoms with Crippen molar-refractivity contribution in [3.63, 3.8) is 0 Å². The van der Waals surface area contributed by atoms with Gasteiger partial charge in [0.15, 0.2) is 0 Å². The van der Waals surface area contributed by atoms with Gasteiger partial charge in [-0.3, -0.25) is 9.69 Å². The Morgan fingerprint density at radius 1 is 1.60 bits per heavy atom. The number of amides is 1. The van der Waals surface area contributed by atoms with Gasteiger partial charge in [0, 0.05) is 19.7 Å². The van der Waals surface area contributed by atoms with Gasteiger partial charge in [0.1, 0.15) is 0 Å². The lowest BCUT2D eigenvalue weighted by molar-refractivity contribution is -0.122. The van der Waals surface area contributed by atoms with E-state index in [1.807, 2.05) is 6.92 Å². The second-order valence-electron chi connectivity index (χ2n) is 4.28. The summed E-state index contributed by atoms with van der Waals surface area (Å²) in [4.78, 5) is 13.6. The molecule has 1 fully saturated rings. The van der Waals surface area contributed by atoms with Crippen molar-refractivity contribution in [2.45, 2.75) is 26.2 Å². The third kappa shape index (κ3) is 4.62. The maximum atomic E-state index is 11.4. The number of aliphatic hydroxyl groups excluding tert-OH is 1. The van der Waals surface area contributed by atoms with Crippen molar-refractivity contribution in [1.29, 1.82) is 0 Å². The highest BCUT2D eigenvalue weighted by atomic mass is 16.3. The summed E-state index contributed by atoms with van der Waals surface area (Å²) in [5.74, 6) is 0.466. The maximum absolute atomic E-state index is 11.4. The average Bonchev–Trinajstić information content (AvgIpc) is 2.26. The number of nitrogens with zero attached hydrogens (tertiary/aromatic N) is 1. The van der Waals surface area contributed by atoms with Crippen LogP contribution in [0.5, 0.6) is 0 Å². The lowest BCUT2D eigenvalue weighted by atomic mass is 9.99. The molecule has 1 saturated heterocycles. The molecule has 88 valence electrons. The van der Waals surface area contributed by atoms with Crippen molar-refractivity contribution in [2.75, 3.05) is 32.8 Å². The Kier molecular flexibility index (Phi) is 5.65. The molecule has 0 aromatic heterocycles. The van der Waals surface area contributed by atoms with Crippen molar-refractivity contribution < 1.29 is 9.90 Å². The Bertz CT molecular complexity index is 197. The molecule has 1 aliphatic rings. The fraction of sp³-hybridized carbons (Fsp3) is 0.909. The van der Waals surface area contributed by atoms with E-state index in [4.69, 9.17) is 5.11 Å². The van der Waals surface area contributed by atoms with Gasteiger partial charge < -0.3 is 10.4 Å². The Labute approximate surface area is 91.6 Å². The highest BCUT2D eigenvalue weighted by Gasteiger charge is 2.20. The van der Waals surface area contributed by atoms with Crippen LogP contribution in [-0.2, 0) is 4.79 Å². The molecule has 1 heterocycles. The Morgan fingerprint density at radius 2 is 2.40 bits per heavy atom. The number of aliphatic hydroxyl groups is 1. The van der Waals surface area contributed by atoms with E-state index in [0.29, 0.717) is 12.5 Å². The van der Waals surface area contributed by atoms with Crippen LogP contribution in [0.25, 0.3) is 0 Å². The molecular weight excluding hydrogens is 192 g/mol. The minimum atomic E-state index is 0.107. The van der Waals surface area contributed by atoms with Crippen LogP contribution >= 0.6 is 0 Å². The van der Waals surface area contributed by atoms with Crippen molar-refractivity contribution in [3.8, 4) is 0 Å². The Balaban J connectivity index is 2.22. The molecule has 0 spiro atoms. The van der Waals surface area contributed by atoms with E-state index >= 15 is 0 Å². The first kappa shape index (κ1) is 12.5. The lowest BCUT2D eigenvalue weighted by Crippen LogP contribution is -2.43. The predicted octanol–water partition coefficient (Wildman–Crippen LogP) is 0.217. The first-order valence-electron chi connectivity index (χ1n) is 5.86. The van der Waals surface area contributed by atoms with Crippen LogP contribution in [0.4, 0.5) is 0 Å². The summed E-state index contributed by atoms with van der Waals surface area (Å²) in [6.45, 7) is 5.37. The van der Waals surface area contributed by atoms with Crippen molar-refractivity contribution in [3.05, 3.63) is 0 Å². The molecule has 1 amide bonds. The zero-order valence-electron chi connectivity index (χ0n) is 9.54. The van der Waals surface area contributed by atoms with Gasteiger partial charge in [-0.15, -0.1) is 0 Å². The summed E-state index contributed by atoms with van der Waals surface area (Å²) in [5.41, 5.74) is 0. The fourth-order valence-electron chi connectivity index (χ4n) is 1.97. The highest BCUT2D eigenvalue weighted by molar-refractivity contribution is 5.77. The molecule has 1 atom stereocenters. The number of hydrogen-bond acceptors (Lipinski definition) is 3. The molecule has 1 unspecified atom stereocenters. The van der Waals surface area contributed by atoms with Gasteiger partial charge >= 0.3 is 0 Å². The SMILES string of the molecule is CCCNC(=O)CN1CCCC(CO)C1. The Hall–Kier alpha value is -0.610. The zero-order valence-corrected chi connectivity index (χ0v) is 9.54. The molecule has 0 radical (unpaired) electrons. The zero-order chi connectivity index (χ0) is 11.1. The first-order chi connectivity index (χ1) is 7.26. The van der Waals surface area contributed by atoms with Gasteiger partial charge in [0.25, 0.3) is 0 Å².